The van der Waals surface area contributed by atoms with E-state index in [0.717, 1.165) is 63.9 Å². The van der Waals surface area contributed by atoms with Gasteiger partial charge in [0.1, 0.15) is 5.76 Å². The maximum absolute atomic E-state index is 12.9. The molecule has 2 fully saturated rings. The predicted octanol–water partition coefficient (Wildman–Crippen LogP) is 5.58. The molecular weight excluding hydrogens is 372 g/mol. The third-order valence-electron chi connectivity index (χ3n) is 8.57. The van der Waals surface area contributed by atoms with Gasteiger partial charge in [-0.3, -0.25) is 9.69 Å². The van der Waals surface area contributed by atoms with Crippen LogP contribution in [0.15, 0.2) is 28.9 Å². The Morgan fingerprint density at radius 2 is 2.03 bits per heavy atom. The van der Waals surface area contributed by atoms with Crippen molar-refractivity contribution in [2.24, 2.45) is 22.7 Å². The maximum Gasteiger partial charge on any atom is 0.225 e. The van der Waals surface area contributed by atoms with Crippen molar-refractivity contribution in [3.05, 3.63) is 35.8 Å². The first-order chi connectivity index (χ1) is 14.3. The second-order valence-corrected chi connectivity index (χ2v) is 10.0. The van der Waals surface area contributed by atoms with E-state index in [2.05, 4.69) is 50.6 Å². The minimum absolute atomic E-state index is 0.150. The minimum atomic E-state index is -0.260. The topological polar surface area (TPSA) is 45.5 Å². The molecule has 0 spiro atoms. The fourth-order valence-electron chi connectivity index (χ4n) is 6.72. The Bertz CT molecular complexity index is 750. The number of amides is 1. The minimum Gasteiger partial charge on any atom is -0.468 e. The Balaban J connectivity index is 1.78. The first-order valence-electron chi connectivity index (χ1n) is 12.0. The zero-order valence-corrected chi connectivity index (χ0v) is 19.9. The molecule has 1 aromatic rings. The largest absolute Gasteiger partial charge is 0.468 e. The van der Waals surface area contributed by atoms with Crippen molar-refractivity contribution in [3.63, 3.8) is 0 Å². The number of hydrogen-bond donors (Lipinski definition) is 1. The smallest absolute Gasteiger partial charge is 0.225 e. The summed E-state index contributed by atoms with van der Waals surface area (Å²) in [4.78, 5) is 15.3. The van der Waals surface area contributed by atoms with Crippen molar-refractivity contribution in [3.8, 4) is 0 Å². The monoisotopic (exact) mass is 414 g/mol. The molecular formula is C26H42N2O2. The highest BCUT2D eigenvalue weighted by molar-refractivity contribution is 5.82. The summed E-state index contributed by atoms with van der Waals surface area (Å²) < 4.78 is 5.86. The molecule has 1 aromatic heterocycles. The lowest BCUT2D eigenvalue weighted by atomic mass is 9.46. The molecule has 4 atom stereocenters. The summed E-state index contributed by atoms with van der Waals surface area (Å²) in [5.74, 6) is 2.23. The second-order valence-electron chi connectivity index (χ2n) is 10.0. The number of fused-ring (bicyclic) bond motifs is 1. The molecule has 1 amide bonds. The van der Waals surface area contributed by atoms with Crippen molar-refractivity contribution in [1.29, 1.82) is 0 Å². The number of aryl methyl sites for hydroxylation is 1. The fourth-order valence-corrected chi connectivity index (χ4v) is 6.72. The van der Waals surface area contributed by atoms with Crippen LogP contribution in [0, 0.1) is 22.7 Å². The van der Waals surface area contributed by atoms with Crippen molar-refractivity contribution in [2.75, 3.05) is 20.1 Å². The van der Waals surface area contributed by atoms with Gasteiger partial charge in [-0.25, -0.2) is 0 Å². The molecule has 4 nitrogen and oxygen atoms in total. The molecule has 2 aliphatic rings. The van der Waals surface area contributed by atoms with Crippen LogP contribution in [0.3, 0.4) is 0 Å². The molecule has 1 heterocycles. The van der Waals surface area contributed by atoms with Crippen LogP contribution < -0.4 is 5.32 Å². The van der Waals surface area contributed by atoms with E-state index in [4.69, 9.17) is 4.42 Å². The van der Waals surface area contributed by atoms with Gasteiger partial charge >= 0.3 is 0 Å². The fraction of sp³-hybridized carbons (Fsp3) is 0.731. The molecule has 2 aliphatic carbocycles. The summed E-state index contributed by atoms with van der Waals surface area (Å²) in [5, 5.41) is 2.96. The van der Waals surface area contributed by atoms with Gasteiger partial charge in [-0.2, -0.15) is 0 Å². The van der Waals surface area contributed by atoms with Gasteiger partial charge in [-0.05, 0) is 80.5 Å². The number of nitrogens with one attached hydrogen (secondary N) is 1. The summed E-state index contributed by atoms with van der Waals surface area (Å²) in [6.45, 7) is 16.5. The van der Waals surface area contributed by atoms with E-state index in [1.54, 1.807) is 7.05 Å². The van der Waals surface area contributed by atoms with Gasteiger partial charge in [0.2, 0.25) is 5.91 Å². The van der Waals surface area contributed by atoms with Crippen molar-refractivity contribution < 1.29 is 9.21 Å². The zero-order chi connectivity index (χ0) is 21.9. The number of furan rings is 1. The quantitative estimate of drug-likeness (QED) is 0.565. The van der Waals surface area contributed by atoms with Crippen molar-refractivity contribution in [1.82, 2.24) is 10.2 Å². The summed E-state index contributed by atoms with van der Waals surface area (Å²) in [6.07, 6.45) is 9.44. The van der Waals surface area contributed by atoms with Crippen LogP contribution in [-0.2, 0) is 17.8 Å². The Morgan fingerprint density at radius 1 is 1.30 bits per heavy atom. The second kappa shape index (κ2) is 9.30. The van der Waals surface area contributed by atoms with E-state index in [-0.39, 0.29) is 16.7 Å². The number of allylic oxidation sites excluding steroid dienone is 1. The molecule has 2 saturated carbocycles. The average Bonchev–Trinajstić information content (AvgIpc) is 3.17. The summed E-state index contributed by atoms with van der Waals surface area (Å²) >= 11 is 0. The summed E-state index contributed by atoms with van der Waals surface area (Å²) in [5.41, 5.74) is 2.62. The van der Waals surface area contributed by atoms with E-state index in [1.807, 2.05) is 6.26 Å². The first kappa shape index (κ1) is 23.1. The van der Waals surface area contributed by atoms with Crippen LogP contribution in [-0.4, -0.2) is 30.9 Å². The Morgan fingerprint density at radius 3 is 2.70 bits per heavy atom. The van der Waals surface area contributed by atoms with Crippen LogP contribution in [0.1, 0.15) is 77.5 Å². The number of rotatable bonds is 8. The van der Waals surface area contributed by atoms with Crippen LogP contribution in [0.5, 0.6) is 0 Å². The van der Waals surface area contributed by atoms with E-state index in [0.29, 0.717) is 11.8 Å². The third-order valence-corrected chi connectivity index (χ3v) is 8.57. The molecule has 168 valence electrons. The van der Waals surface area contributed by atoms with Gasteiger partial charge in [-0.1, -0.05) is 46.3 Å². The molecule has 0 saturated heterocycles. The van der Waals surface area contributed by atoms with Gasteiger partial charge in [-0.15, -0.1) is 0 Å². The normalized spacial score (nSPS) is 31.6. The van der Waals surface area contributed by atoms with Crippen molar-refractivity contribution in [2.45, 2.75) is 79.2 Å². The summed E-state index contributed by atoms with van der Waals surface area (Å²) in [6, 6.07) is 2.15. The highest BCUT2D eigenvalue weighted by atomic mass is 16.3. The van der Waals surface area contributed by atoms with Gasteiger partial charge in [0.25, 0.3) is 0 Å². The standard InChI is InChI=1S/C26H42N2O2/c1-7-28(8-2)18-22-20(14-17-30-22)11-12-21-19(3)10-13-23-25(21,4)15-9-16-26(23,5)24(29)27-6/h14,17,21,23H,3,7-13,15-16,18H2,1-2,4-6H3,(H,27,29). The Labute approximate surface area is 183 Å². The molecule has 0 aromatic carbocycles. The molecule has 0 bridgehead atoms. The van der Waals surface area contributed by atoms with Gasteiger partial charge in [0.15, 0.2) is 0 Å². The van der Waals surface area contributed by atoms with Crippen LogP contribution in [0.25, 0.3) is 0 Å². The maximum atomic E-state index is 12.9. The lowest BCUT2D eigenvalue weighted by molar-refractivity contribution is -0.145. The number of carbonyl (C=O) groups is 1. The molecule has 30 heavy (non-hydrogen) atoms. The van der Waals surface area contributed by atoms with Crippen LogP contribution >= 0.6 is 0 Å². The molecule has 4 unspecified atom stereocenters. The third kappa shape index (κ3) is 4.12. The van der Waals surface area contributed by atoms with Gasteiger partial charge < -0.3 is 9.73 Å². The molecule has 1 N–H and O–H groups in total. The number of carbonyl (C=O) groups excluding carboxylic acids is 1. The lowest BCUT2D eigenvalue weighted by Gasteiger charge is -2.58. The average molecular weight is 415 g/mol. The van der Waals surface area contributed by atoms with Gasteiger partial charge in [0.05, 0.1) is 12.8 Å². The van der Waals surface area contributed by atoms with E-state index < -0.39 is 0 Å². The molecule has 0 radical (unpaired) electrons. The lowest BCUT2D eigenvalue weighted by Crippen LogP contribution is -2.55. The highest BCUT2D eigenvalue weighted by Crippen LogP contribution is 2.61. The van der Waals surface area contributed by atoms with Crippen molar-refractivity contribution >= 4 is 5.91 Å². The van der Waals surface area contributed by atoms with E-state index >= 15 is 0 Å². The number of hydrogen-bond acceptors (Lipinski definition) is 3. The number of nitrogens with zero attached hydrogens (tertiary/aromatic N) is 1. The van der Waals surface area contributed by atoms with Crippen LogP contribution in [0.2, 0.25) is 0 Å². The van der Waals surface area contributed by atoms with E-state index in [1.165, 1.54) is 17.6 Å². The van der Waals surface area contributed by atoms with Crippen LogP contribution in [0.4, 0.5) is 0 Å². The van der Waals surface area contributed by atoms with Gasteiger partial charge in [0, 0.05) is 12.5 Å². The first-order valence-corrected chi connectivity index (χ1v) is 12.0. The highest BCUT2D eigenvalue weighted by Gasteiger charge is 2.56. The van der Waals surface area contributed by atoms with E-state index in [9.17, 15) is 4.79 Å². The summed E-state index contributed by atoms with van der Waals surface area (Å²) in [7, 11) is 1.79. The zero-order valence-electron chi connectivity index (χ0n) is 19.9. The molecule has 3 rings (SSSR count). The predicted molar refractivity (Wildman–Crippen MR) is 123 cm³/mol. The Kier molecular flexibility index (Phi) is 7.16. The molecule has 0 aliphatic heterocycles. The Hall–Kier alpha value is -1.55. The SMILES string of the molecule is C=C1CCC2C(C)(C(=O)NC)CCCC2(C)C1CCc1ccoc1CN(CC)CC. The molecule has 4 heteroatoms.